The van der Waals surface area contributed by atoms with Crippen molar-refractivity contribution in [1.82, 2.24) is 0 Å². The van der Waals surface area contributed by atoms with Crippen LogP contribution in [0.1, 0.15) is 34.3 Å². The van der Waals surface area contributed by atoms with Gasteiger partial charge in [0.15, 0.2) is 0 Å². The van der Waals surface area contributed by atoms with Gasteiger partial charge in [-0.1, -0.05) is 12.1 Å². The van der Waals surface area contributed by atoms with Gasteiger partial charge in [-0.3, -0.25) is 4.79 Å². The third kappa shape index (κ3) is 6.36. The first-order chi connectivity index (χ1) is 14.5. The number of ether oxygens (including phenoxy) is 1. The second kappa shape index (κ2) is 9.17. The molecule has 3 rings (SSSR count). The lowest BCUT2D eigenvalue weighted by Gasteiger charge is -2.23. The monoisotopic (exact) mass is 446 g/mol. The molecule has 0 unspecified atom stereocenters. The standard InChI is InChI=1S/C21H20F6N2O2/c22-20(23,24)13-31-12-14-3-5-15(6-4-14)19(30)28-17-11-16(21(25,26)27)7-8-18(17)29-9-1-2-10-29/h3-8,11H,1-2,9-10,12-13H2,(H,28,30). The van der Waals surface area contributed by atoms with Gasteiger partial charge < -0.3 is 15.0 Å². The van der Waals surface area contributed by atoms with Crippen molar-refractivity contribution < 1.29 is 35.9 Å². The first-order valence-corrected chi connectivity index (χ1v) is 9.54. The van der Waals surface area contributed by atoms with Crippen molar-refractivity contribution in [3.05, 3.63) is 59.2 Å². The van der Waals surface area contributed by atoms with Gasteiger partial charge in [0.25, 0.3) is 5.91 Å². The third-order valence-electron chi connectivity index (χ3n) is 4.77. The van der Waals surface area contributed by atoms with Gasteiger partial charge >= 0.3 is 12.4 Å². The Bertz CT molecular complexity index is 904. The SMILES string of the molecule is O=C(Nc1cc(C(F)(F)F)ccc1N1CCCC1)c1ccc(COCC(F)(F)F)cc1. The van der Waals surface area contributed by atoms with E-state index in [1.54, 1.807) is 0 Å². The normalized spacial score (nSPS) is 14.7. The number of nitrogens with zero attached hydrogens (tertiary/aromatic N) is 1. The Morgan fingerprint density at radius 1 is 0.968 bits per heavy atom. The van der Waals surface area contributed by atoms with E-state index >= 15 is 0 Å². The molecule has 0 atom stereocenters. The number of alkyl halides is 6. The number of hydrogen-bond acceptors (Lipinski definition) is 3. The molecule has 4 nitrogen and oxygen atoms in total. The van der Waals surface area contributed by atoms with Crippen LogP contribution in [0.2, 0.25) is 0 Å². The molecule has 2 aromatic rings. The van der Waals surface area contributed by atoms with Crippen LogP contribution < -0.4 is 10.2 Å². The highest BCUT2D eigenvalue weighted by Gasteiger charge is 2.32. The largest absolute Gasteiger partial charge is 0.416 e. The highest BCUT2D eigenvalue weighted by Crippen LogP contribution is 2.36. The highest BCUT2D eigenvalue weighted by molar-refractivity contribution is 6.06. The zero-order chi connectivity index (χ0) is 22.6. The Kier molecular flexibility index (Phi) is 6.78. The molecular formula is C21H20F6N2O2. The molecule has 31 heavy (non-hydrogen) atoms. The Hall–Kier alpha value is -2.75. The molecule has 0 saturated carbocycles. The van der Waals surface area contributed by atoms with Gasteiger partial charge in [-0.2, -0.15) is 26.3 Å². The molecule has 0 radical (unpaired) electrons. The van der Waals surface area contributed by atoms with Crippen molar-refractivity contribution in [2.45, 2.75) is 31.8 Å². The Morgan fingerprint density at radius 2 is 1.61 bits per heavy atom. The van der Waals surface area contributed by atoms with Crippen molar-refractivity contribution in [3.63, 3.8) is 0 Å². The van der Waals surface area contributed by atoms with Gasteiger partial charge in [0.2, 0.25) is 0 Å². The molecule has 1 aliphatic heterocycles. The minimum Gasteiger partial charge on any atom is -0.370 e. The summed E-state index contributed by atoms with van der Waals surface area (Å²) in [6, 6.07) is 8.86. The number of rotatable bonds is 6. The van der Waals surface area contributed by atoms with Crippen molar-refractivity contribution in [2.24, 2.45) is 0 Å². The maximum atomic E-state index is 13.1. The van der Waals surface area contributed by atoms with Gasteiger partial charge in [0.05, 0.1) is 23.5 Å². The molecule has 0 spiro atoms. The number of hydrogen-bond donors (Lipinski definition) is 1. The maximum Gasteiger partial charge on any atom is 0.416 e. The fourth-order valence-electron chi connectivity index (χ4n) is 3.28. The second-order valence-corrected chi connectivity index (χ2v) is 7.18. The summed E-state index contributed by atoms with van der Waals surface area (Å²) in [4.78, 5) is 14.5. The van der Waals surface area contributed by atoms with E-state index in [0.717, 1.165) is 25.0 Å². The maximum absolute atomic E-state index is 13.1. The predicted octanol–water partition coefficient (Wildman–Crippen LogP) is 5.64. The predicted molar refractivity (Wildman–Crippen MR) is 103 cm³/mol. The first kappa shape index (κ1) is 22.9. The van der Waals surface area contributed by atoms with Gasteiger partial charge in [0, 0.05) is 18.7 Å². The quantitative estimate of drug-likeness (QED) is 0.585. The number of amides is 1. The number of benzene rings is 2. The van der Waals surface area contributed by atoms with Crippen LogP contribution in [0.4, 0.5) is 37.7 Å². The number of carbonyl (C=O) groups is 1. The van der Waals surface area contributed by atoms with E-state index in [2.05, 4.69) is 10.1 Å². The van der Waals surface area contributed by atoms with Crippen molar-refractivity contribution in [3.8, 4) is 0 Å². The van der Waals surface area contributed by atoms with E-state index in [4.69, 9.17) is 0 Å². The van der Waals surface area contributed by atoms with Gasteiger partial charge in [0.1, 0.15) is 6.61 Å². The van der Waals surface area contributed by atoms with E-state index in [1.807, 2.05) is 4.90 Å². The summed E-state index contributed by atoms with van der Waals surface area (Å²) in [5.74, 6) is -0.623. The molecule has 2 aromatic carbocycles. The zero-order valence-electron chi connectivity index (χ0n) is 16.3. The fraction of sp³-hybridized carbons (Fsp3) is 0.381. The number of carbonyl (C=O) groups excluding carboxylic acids is 1. The molecule has 1 saturated heterocycles. The van der Waals surface area contributed by atoms with Crippen molar-refractivity contribution >= 4 is 17.3 Å². The molecule has 168 valence electrons. The minimum absolute atomic E-state index is 0.0549. The molecule has 1 fully saturated rings. The molecule has 0 aromatic heterocycles. The summed E-state index contributed by atoms with van der Waals surface area (Å²) in [5, 5.41) is 2.54. The lowest BCUT2D eigenvalue weighted by Crippen LogP contribution is -2.22. The van der Waals surface area contributed by atoms with Crippen LogP contribution >= 0.6 is 0 Å². The molecule has 1 amide bonds. The van der Waals surface area contributed by atoms with E-state index in [-0.39, 0.29) is 17.9 Å². The Labute approximate surface area is 174 Å². The summed E-state index contributed by atoms with van der Waals surface area (Å²) < 4.78 is 80.4. The summed E-state index contributed by atoms with van der Waals surface area (Å²) >= 11 is 0. The topological polar surface area (TPSA) is 41.6 Å². The van der Waals surface area contributed by atoms with Crippen LogP contribution in [-0.4, -0.2) is 31.8 Å². The molecule has 0 bridgehead atoms. The Balaban J connectivity index is 1.74. The van der Waals surface area contributed by atoms with Gasteiger partial charge in [-0.15, -0.1) is 0 Å². The second-order valence-electron chi connectivity index (χ2n) is 7.18. The van der Waals surface area contributed by atoms with Crippen LogP contribution in [0, 0.1) is 0 Å². The van der Waals surface area contributed by atoms with Crippen LogP contribution in [-0.2, 0) is 17.5 Å². The summed E-state index contributed by atoms with van der Waals surface area (Å²) in [5.41, 5.74) is 0.278. The van der Waals surface area contributed by atoms with Gasteiger partial charge in [-0.25, -0.2) is 0 Å². The van der Waals surface area contributed by atoms with E-state index < -0.39 is 30.4 Å². The highest BCUT2D eigenvalue weighted by atomic mass is 19.4. The van der Waals surface area contributed by atoms with Crippen LogP contribution in [0.3, 0.4) is 0 Å². The molecule has 1 N–H and O–H groups in total. The van der Waals surface area contributed by atoms with E-state index in [0.29, 0.717) is 24.3 Å². The number of halogens is 6. The summed E-state index contributed by atoms with van der Waals surface area (Å²) in [6.45, 7) is -0.306. The van der Waals surface area contributed by atoms with Crippen LogP contribution in [0.25, 0.3) is 0 Å². The van der Waals surface area contributed by atoms with E-state index in [9.17, 15) is 31.1 Å². The smallest absolute Gasteiger partial charge is 0.370 e. The Morgan fingerprint density at radius 3 is 2.19 bits per heavy atom. The number of nitrogens with one attached hydrogen (secondary N) is 1. The summed E-state index contributed by atoms with van der Waals surface area (Å²) in [6.07, 6.45) is -7.17. The molecule has 0 aliphatic carbocycles. The van der Waals surface area contributed by atoms with E-state index in [1.165, 1.54) is 30.3 Å². The minimum atomic E-state index is -4.55. The van der Waals surface area contributed by atoms with Crippen LogP contribution in [0.5, 0.6) is 0 Å². The fourth-order valence-corrected chi connectivity index (χ4v) is 3.28. The van der Waals surface area contributed by atoms with Crippen molar-refractivity contribution in [1.29, 1.82) is 0 Å². The zero-order valence-corrected chi connectivity index (χ0v) is 16.3. The van der Waals surface area contributed by atoms with Gasteiger partial charge in [-0.05, 0) is 48.7 Å². The molecule has 1 aliphatic rings. The average Bonchev–Trinajstić information content (AvgIpc) is 3.21. The summed E-state index contributed by atoms with van der Waals surface area (Å²) in [7, 11) is 0. The van der Waals surface area contributed by atoms with Crippen molar-refractivity contribution in [2.75, 3.05) is 29.9 Å². The lowest BCUT2D eigenvalue weighted by atomic mass is 10.1. The molecule has 1 heterocycles. The molecular weight excluding hydrogens is 426 g/mol. The van der Waals surface area contributed by atoms with Crippen LogP contribution in [0.15, 0.2) is 42.5 Å². The average molecular weight is 446 g/mol. The third-order valence-corrected chi connectivity index (χ3v) is 4.77. The first-order valence-electron chi connectivity index (χ1n) is 9.54. The number of anilines is 2. The molecule has 10 heteroatoms. The lowest BCUT2D eigenvalue weighted by molar-refractivity contribution is -0.176.